The van der Waals surface area contributed by atoms with Crippen LogP contribution in [0.25, 0.3) is 66.1 Å². The zero-order valence-corrected chi connectivity index (χ0v) is 28.4. The molecule has 3 nitrogen and oxygen atoms in total. The van der Waals surface area contributed by atoms with E-state index in [0.717, 1.165) is 65.9 Å². The lowest BCUT2D eigenvalue weighted by molar-refractivity contribution is -0.143. The first-order valence-electron chi connectivity index (χ1n) is 16.5. The third kappa shape index (κ3) is 5.29. The molecule has 0 unspecified atom stereocenters. The van der Waals surface area contributed by atoms with E-state index in [0.29, 0.717) is 23.5 Å². The van der Waals surface area contributed by atoms with Crippen LogP contribution in [0.3, 0.4) is 0 Å². The van der Waals surface area contributed by atoms with Crippen LogP contribution in [0.15, 0.2) is 103 Å². The van der Waals surface area contributed by atoms with Crippen LogP contribution in [0.1, 0.15) is 38.9 Å². The lowest BCUT2D eigenvalue weighted by Crippen LogP contribution is -2.11. The molecule has 0 atom stereocenters. The summed E-state index contributed by atoms with van der Waals surface area (Å²) in [5.41, 5.74) is 4.96. The number of aryl methyl sites for hydroxylation is 4. The average Bonchev–Trinajstić information content (AvgIpc) is 3.57. The van der Waals surface area contributed by atoms with E-state index in [1.807, 2.05) is 85.4 Å². The molecule has 0 bridgehead atoms. The Hall–Kier alpha value is -6.01. The summed E-state index contributed by atoms with van der Waals surface area (Å²) in [6, 6.07) is 30.8. The predicted molar refractivity (Wildman–Crippen MR) is 194 cm³/mol. The number of hydrogen-bond acceptors (Lipinski definition) is 1. The zero-order valence-electron chi connectivity index (χ0n) is 28.4. The van der Waals surface area contributed by atoms with Gasteiger partial charge in [-0.15, -0.1) is 0 Å². The summed E-state index contributed by atoms with van der Waals surface area (Å²) >= 11 is 0. The molecule has 0 saturated carbocycles. The first-order valence-corrected chi connectivity index (χ1v) is 16.5. The minimum absolute atomic E-state index is 0.0560. The third-order valence-electron chi connectivity index (χ3n) is 9.77. The number of fused-ring (bicyclic) bond motifs is 6. The van der Waals surface area contributed by atoms with Crippen molar-refractivity contribution in [2.75, 3.05) is 0 Å². The molecule has 0 saturated heterocycles. The van der Waals surface area contributed by atoms with Crippen LogP contribution in [0, 0.1) is 39.0 Å². The smallest absolute Gasteiger partial charge is 0.307 e. The molecule has 0 amide bonds. The van der Waals surface area contributed by atoms with Crippen LogP contribution in [0.5, 0.6) is 0 Å². The Labute approximate surface area is 294 Å². The van der Waals surface area contributed by atoms with Gasteiger partial charge in [-0.3, -0.25) is 0 Å². The van der Waals surface area contributed by atoms with Gasteiger partial charge in [-0.25, -0.2) is 0 Å². The van der Waals surface area contributed by atoms with Gasteiger partial charge in [0.2, 0.25) is 0 Å². The quantitative estimate of drug-likeness (QED) is 0.169. The fourth-order valence-electron chi connectivity index (χ4n) is 7.40. The molecular formula is C43H29F6N3. The van der Waals surface area contributed by atoms with E-state index in [1.165, 1.54) is 0 Å². The molecule has 8 rings (SSSR count). The molecule has 0 aliphatic heterocycles. The fourth-order valence-corrected chi connectivity index (χ4v) is 7.40. The van der Waals surface area contributed by atoms with Gasteiger partial charge in [-0.05, 0) is 112 Å². The highest BCUT2D eigenvalue weighted by Gasteiger charge is 2.37. The summed E-state index contributed by atoms with van der Waals surface area (Å²) in [7, 11) is 0. The average molecular weight is 702 g/mol. The second-order valence-electron chi connectivity index (χ2n) is 13.5. The molecule has 2 heterocycles. The fraction of sp³-hybridized carbons (Fsp3) is 0.140. The number of hydrogen-bond donors (Lipinski definition) is 0. The van der Waals surface area contributed by atoms with Crippen molar-refractivity contribution in [3.8, 4) is 28.6 Å². The third-order valence-corrected chi connectivity index (χ3v) is 9.77. The summed E-state index contributed by atoms with van der Waals surface area (Å²) in [4.78, 5) is 0. The molecule has 0 aliphatic carbocycles. The first kappa shape index (κ1) is 33.2. The van der Waals surface area contributed by atoms with Crippen LogP contribution >= 0.6 is 0 Å². The Morgan fingerprint density at radius 2 is 0.808 bits per heavy atom. The maximum absolute atomic E-state index is 14.1. The van der Waals surface area contributed by atoms with Gasteiger partial charge in [0.15, 0.2) is 0 Å². The molecule has 0 aliphatic rings. The van der Waals surface area contributed by atoms with E-state index >= 15 is 0 Å². The normalized spacial score (nSPS) is 12.4. The second kappa shape index (κ2) is 11.5. The topological polar surface area (TPSA) is 33.6 Å². The van der Waals surface area contributed by atoms with Gasteiger partial charge in [-0.2, -0.15) is 31.6 Å². The SMILES string of the molecule is Cc1ccc2c(c1)c1cc(C)ccc1n2-c1cc(C#N)c(-c2cc(C(F)(F)F)cc(C(F)(F)F)c2)cc1-n1c2ccc(C)cc2c2cc(C)ccc21. The summed E-state index contributed by atoms with van der Waals surface area (Å²) in [6.45, 7) is 7.97. The highest BCUT2D eigenvalue weighted by Crippen LogP contribution is 2.44. The standard InChI is InChI=1S/C43H29F6N3/c1-23-5-9-36-32(13-23)33-14-24(2)6-10-37(33)51(36)40-19-28(22-50)31(27-17-29(42(44,45)46)20-30(18-27)43(47,48)49)21-41(40)52-38-11-7-25(3)15-34(38)35-16-26(4)8-12-39(35)52/h5-21H,1-4H3. The van der Waals surface area contributed by atoms with Crippen molar-refractivity contribution in [3.63, 3.8) is 0 Å². The van der Waals surface area contributed by atoms with Gasteiger partial charge in [0.1, 0.15) is 0 Å². The first-order chi connectivity index (χ1) is 24.6. The minimum atomic E-state index is -5.06. The molecule has 9 heteroatoms. The summed E-state index contributed by atoms with van der Waals surface area (Å²) in [5.74, 6) is 0. The Bertz CT molecular complexity index is 2670. The van der Waals surface area contributed by atoms with Crippen LogP contribution in [-0.2, 0) is 12.4 Å². The predicted octanol–water partition coefficient (Wildman–Crippen LogP) is 12.7. The minimum Gasteiger partial charge on any atom is -0.307 e. The van der Waals surface area contributed by atoms with Gasteiger partial charge in [0, 0.05) is 27.1 Å². The molecule has 52 heavy (non-hydrogen) atoms. The van der Waals surface area contributed by atoms with E-state index in [1.54, 1.807) is 12.1 Å². The lowest BCUT2D eigenvalue weighted by atomic mass is 9.94. The highest BCUT2D eigenvalue weighted by molar-refractivity contribution is 6.12. The van der Waals surface area contributed by atoms with E-state index in [2.05, 4.69) is 30.3 Å². The molecule has 0 spiro atoms. The number of alkyl halides is 6. The number of rotatable bonds is 3. The zero-order chi connectivity index (χ0) is 36.9. The van der Waals surface area contributed by atoms with Crippen molar-refractivity contribution in [2.24, 2.45) is 0 Å². The van der Waals surface area contributed by atoms with Crippen molar-refractivity contribution in [3.05, 3.63) is 142 Å². The largest absolute Gasteiger partial charge is 0.416 e. The van der Waals surface area contributed by atoms with Crippen LogP contribution < -0.4 is 0 Å². The molecule has 0 radical (unpaired) electrons. The molecule has 0 fully saturated rings. The monoisotopic (exact) mass is 701 g/mol. The molecule has 8 aromatic rings. The van der Waals surface area contributed by atoms with Gasteiger partial charge in [0.05, 0.1) is 56.2 Å². The number of benzene rings is 6. The number of aromatic nitrogens is 2. The summed E-state index contributed by atoms with van der Waals surface area (Å²) in [6.07, 6.45) is -10.1. The Balaban J connectivity index is 1.58. The van der Waals surface area contributed by atoms with Gasteiger partial charge >= 0.3 is 12.4 Å². The van der Waals surface area contributed by atoms with Crippen LogP contribution in [-0.4, -0.2) is 9.13 Å². The van der Waals surface area contributed by atoms with Crippen molar-refractivity contribution in [2.45, 2.75) is 40.0 Å². The van der Waals surface area contributed by atoms with E-state index in [-0.39, 0.29) is 22.8 Å². The second-order valence-corrected chi connectivity index (χ2v) is 13.5. The molecule has 258 valence electrons. The Morgan fingerprint density at radius 3 is 1.13 bits per heavy atom. The van der Waals surface area contributed by atoms with Crippen molar-refractivity contribution in [1.29, 1.82) is 5.26 Å². The van der Waals surface area contributed by atoms with Gasteiger partial charge < -0.3 is 9.13 Å². The molecule has 2 aromatic heterocycles. The van der Waals surface area contributed by atoms with Crippen molar-refractivity contribution < 1.29 is 26.3 Å². The molecule has 6 aromatic carbocycles. The number of nitriles is 1. The Morgan fingerprint density at radius 1 is 0.462 bits per heavy atom. The maximum atomic E-state index is 14.1. The molecule has 0 N–H and O–H groups in total. The van der Waals surface area contributed by atoms with Gasteiger partial charge in [-0.1, -0.05) is 46.5 Å². The lowest BCUT2D eigenvalue weighted by Gasteiger charge is -2.20. The number of nitrogens with zero attached hydrogens (tertiary/aromatic N) is 3. The summed E-state index contributed by atoms with van der Waals surface area (Å²) < 4.78 is 88.7. The molecular weight excluding hydrogens is 672 g/mol. The van der Waals surface area contributed by atoms with Crippen LogP contribution in [0.2, 0.25) is 0 Å². The summed E-state index contributed by atoms with van der Waals surface area (Å²) in [5, 5.41) is 14.4. The number of halogens is 6. The highest BCUT2D eigenvalue weighted by atomic mass is 19.4. The maximum Gasteiger partial charge on any atom is 0.416 e. The van der Waals surface area contributed by atoms with Crippen molar-refractivity contribution >= 4 is 43.6 Å². The van der Waals surface area contributed by atoms with E-state index in [4.69, 9.17) is 0 Å². The Kier molecular flexibility index (Phi) is 7.33. The van der Waals surface area contributed by atoms with Gasteiger partial charge in [0.25, 0.3) is 0 Å². The van der Waals surface area contributed by atoms with E-state index in [9.17, 15) is 31.6 Å². The van der Waals surface area contributed by atoms with E-state index < -0.39 is 23.5 Å². The van der Waals surface area contributed by atoms with Crippen molar-refractivity contribution in [1.82, 2.24) is 9.13 Å². The van der Waals surface area contributed by atoms with Crippen LogP contribution in [0.4, 0.5) is 26.3 Å².